The first-order valence-electron chi connectivity index (χ1n) is 11.5. The van der Waals surface area contributed by atoms with Crippen molar-refractivity contribution in [1.29, 1.82) is 5.41 Å². The van der Waals surface area contributed by atoms with Gasteiger partial charge in [-0.15, -0.1) is 0 Å². The topological polar surface area (TPSA) is 97.9 Å². The van der Waals surface area contributed by atoms with Crippen LogP contribution in [0.4, 0.5) is 0 Å². The molecule has 0 spiro atoms. The van der Waals surface area contributed by atoms with Crippen LogP contribution in [0, 0.1) is 5.41 Å². The third kappa shape index (κ3) is 7.14. The van der Waals surface area contributed by atoms with Crippen LogP contribution in [-0.2, 0) is 0 Å². The summed E-state index contributed by atoms with van der Waals surface area (Å²) in [6, 6.07) is 12.4. The zero-order valence-electron chi connectivity index (χ0n) is 20.6. The number of hydrogen-bond donors (Lipinski definition) is 2. The van der Waals surface area contributed by atoms with E-state index in [9.17, 15) is 4.79 Å². The Hall–Kier alpha value is -3.22. The molecule has 1 unspecified atom stereocenters. The highest BCUT2D eigenvalue weighted by atomic mass is 16.7. The van der Waals surface area contributed by atoms with Gasteiger partial charge in [-0.2, -0.15) is 0 Å². The van der Waals surface area contributed by atoms with E-state index in [2.05, 4.69) is 6.92 Å². The lowest BCUT2D eigenvalue weighted by Crippen LogP contribution is -2.42. The van der Waals surface area contributed by atoms with Crippen LogP contribution in [0.2, 0.25) is 0 Å². The number of nitrogen functional groups attached to an aromatic ring is 1. The highest BCUT2D eigenvalue weighted by Crippen LogP contribution is 2.31. The molecule has 2 rings (SSSR count). The van der Waals surface area contributed by atoms with Crippen LogP contribution in [0.3, 0.4) is 0 Å². The smallest absolute Gasteiger partial charge is 0.254 e. The number of amidine groups is 1. The molecule has 3 N–H and O–H groups in total. The average molecular weight is 456 g/mol. The number of methoxy groups -OCH3 is 1. The summed E-state index contributed by atoms with van der Waals surface area (Å²) in [5, 5.41) is 7.52. The van der Waals surface area contributed by atoms with Crippen LogP contribution in [0.25, 0.3) is 0 Å². The van der Waals surface area contributed by atoms with E-state index in [1.54, 1.807) is 49.6 Å². The van der Waals surface area contributed by atoms with Gasteiger partial charge in [0, 0.05) is 29.6 Å². The maximum absolute atomic E-state index is 13.1. The number of hydrogen-bond acceptors (Lipinski definition) is 5. The number of nitrogens with one attached hydrogen (secondary N) is 1. The number of rotatable bonds is 12. The molecule has 0 aromatic heterocycles. The molecule has 180 valence electrons. The normalized spacial score (nSPS) is 11.9. The number of nitrogens with zero attached hydrogens (tertiary/aromatic N) is 1. The summed E-state index contributed by atoms with van der Waals surface area (Å²) >= 11 is 0. The molecule has 0 fully saturated rings. The lowest BCUT2D eigenvalue weighted by molar-refractivity contribution is -0.00383. The predicted octanol–water partition coefficient (Wildman–Crippen LogP) is 5.21. The molecule has 0 bridgehead atoms. The zero-order valence-corrected chi connectivity index (χ0v) is 20.6. The largest absolute Gasteiger partial charge is 0.493 e. The Bertz CT molecular complexity index is 918. The minimum absolute atomic E-state index is 0.00760. The van der Waals surface area contributed by atoms with Crippen LogP contribution >= 0.6 is 0 Å². The lowest BCUT2D eigenvalue weighted by atomic mass is 10.1. The van der Waals surface area contributed by atoms with Crippen LogP contribution in [0.5, 0.6) is 17.2 Å². The number of carbonyl (C=O) groups is 1. The molecule has 33 heavy (non-hydrogen) atoms. The third-order valence-electron chi connectivity index (χ3n) is 5.24. The van der Waals surface area contributed by atoms with E-state index >= 15 is 0 Å². The first-order valence-corrected chi connectivity index (χ1v) is 11.5. The van der Waals surface area contributed by atoms with E-state index in [0.29, 0.717) is 34.8 Å². The van der Waals surface area contributed by atoms with E-state index in [-0.39, 0.29) is 23.8 Å². The second-order valence-electron chi connectivity index (χ2n) is 8.51. The molecule has 0 aliphatic rings. The van der Waals surface area contributed by atoms with Crippen molar-refractivity contribution >= 4 is 11.7 Å². The van der Waals surface area contributed by atoms with E-state index in [1.165, 1.54) is 0 Å². The molecular weight excluding hydrogens is 418 g/mol. The second kappa shape index (κ2) is 12.1. The molecule has 7 nitrogen and oxygen atoms in total. The van der Waals surface area contributed by atoms with Crippen molar-refractivity contribution in [2.75, 3.05) is 7.11 Å². The molecule has 1 amide bonds. The van der Waals surface area contributed by atoms with Gasteiger partial charge in [-0.1, -0.05) is 13.3 Å². The summed E-state index contributed by atoms with van der Waals surface area (Å²) < 4.78 is 17.8. The first-order chi connectivity index (χ1) is 15.7. The van der Waals surface area contributed by atoms with Crippen LogP contribution < -0.4 is 19.9 Å². The maximum Gasteiger partial charge on any atom is 0.254 e. The Morgan fingerprint density at radius 2 is 1.58 bits per heavy atom. The number of nitrogens with two attached hydrogens (primary N) is 1. The van der Waals surface area contributed by atoms with Gasteiger partial charge < -0.3 is 24.8 Å². The Morgan fingerprint density at radius 3 is 2.09 bits per heavy atom. The van der Waals surface area contributed by atoms with Gasteiger partial charge in [-0.25, -0.2) is 0 Å². The highest BCUT2D eigenvalue weighted by molar-refractivity contribution is 5.95. The van der Waals surface area contributed by atoms with Gasteiger partial charge in [0.2, 0.25) is 6.29 Å². The molecular formula is C26H37N3O4. The SMILES string of the molecule is CCCCC(Oc1ccc(C(=N)N)cc1)Oc1ccc(C(=O)N(C(C)C)C(C)C)cc1OC. The van der Waals surface area contributed by atoms with Gasteiger partial charge in [0.15, 0.2) is 11.5 Å². The van der Waals surface area contributed by atoms with Crippen LogP contribution in [0.1, 0.15) is 69.8 Å². The van der Waals surface area contributed by atoms with E-state index in [4.69, 9.17) is 25.4 Å². The van der Waals surface area contributed by atoms with Gasteiger partial charge >= 0.3 is 0 Å². The molecule has 0 aliphatic heterocycles. The number of ether oxygens (including phenoxy) is 3. The van der Waals surface area contributed by atoms with Crippen molar-refractivity contribution < 1.29 is 19.0 Å². The van der Waals surface area contributed by atoms with E-state index in [1.807, 2.05) is 32.6 Å². The van der Waals surface area contributed by atoms with Gasteiger partial charge in [-0.3, -0.25) is 10.2 Å². The fourth-order valence-electron chi connectivity index (χ4n) is 3.63. The minimum atomic E-state index is -0.536. The zero-order chi connectivity index (χ0) is 24.5. The molecule has 0 heterocycles. The van der Waals surface area contributed by atoms with E-state index < -0.39 is 6.29 Å². The third-order valence-corrected chi connectivity index (χ3v) is 5.24. The van der Waals surface area contributed by atoms with Crippen molar-refractivity contribution in [2.45, 2.75) is 72.3 Å². The molecule has 2 aromatic rings. The number of amides is 1. The lowest BCUT2D eigenvalue weighted by Gasteiger charge is -2.31. The fourth-order valence-corrected chi connectivity index (χ4v) is 3.63. The predicted molar refractivity (Wildman–Crippen MR) is 131 cm³/mol. The minimum Gasteiger partial charge on any atom is -0.493 e. The molecule has 0 aliphatic carbocycles. The molecule has 2 aromatic carbocycles. The molecule has 7 heteroatoms. The molecule has 1 atom stereocenters. The summed E-state index contributed by atoms with van der Waals surface area (Å²) in [7, 11) is 1.56. The maximum atomic E-state index is 13.1. The standard InChI is InChI=1S/C26H37N3O4/c1-7-8-9-24(32-21-13-10-19(11-14-21)25(27)28)33-22-15-12-20(16-23(22)31-6)26(30)29(17(2)3)18(4)5/h10-18,24H,7-9H2,1-6H3,(H3,27,28). The second-order valence-corrected chi connectivity index (χ2v) is 8.51. The number of carbonyl (C=O) groups excluding carboxylic acids is 1. The van der Waals surface area contributed by atoms with Crippen LogP contribution in [0.15, 0.2) is 42.5 Å². The van der Waals surface area contributed by atoms with Crippen LogP contribution in [-0.4, -0.2) is 42.1 Å². The van der Waals surface area contributed by atoms with Crippen molar-refractivity contribution in [2.24, 2.45) is 5.73 Å². The van der Waals surface area contributed by atoms with Crippen molar-refractivity contribution in [3.05, 3.63) is 53.6 Å². The van der Waals surface area contributed by atoms with Gasteiger partial charge in [-0.05, 0) is 76.6 Å². The summed E-state index contributed by atoms with van der Waals surface area (Å²) in [4.78, 5) is 14.9. The summed E-state index contributed by atoms with van der Waals surface area (Å²) in [5.41, 5.74) is 6.71. The summed E-state index contributed by atoms with van der Waals surface area (Å²) in [6.07, 6.45) is 2.07. The van der Waals surface area contributed by atoms with Crippen molar-refractivity contribution in [3.63, 3.8) is 0 Å². The molecule has 0 saturated heterocycles. The Balaban J connectivity index is 2.24. The Kier molecular flexibility index (Phi) is 9.57. The average Bonchev–Trinajstić information content (AvgIpc) is 2.77. The Morgan fingerprint density at radius 1 is 0.970 bits per heavy atom. The Labute approximate surface area is 197 Å². The molecule has 0 radical (unpaired) electrons. The number of unbranched alkanes of at least 4 members (excludes halogenated alkanes) is 1. The van der Waals surface area contributed by atoms with E-state index in [0.717, 1.165) is 12.8 Å². The van der Waals surface area contributed by atoms with Gasteiger partial charge in [0.1, 0.15) is 11.6 Å². The highest BCUT2D eigenvalue weighted by Gasteiger charge is 2.23. The number of benzene rings is 2. The molecule has 0 saturated carbocycles. The summed E-state index contributed by atoms with van der Waals surface area (Å²) in [5.74, 6) is 1.57. The first kappa shape index (κ1) is 26.0. The quantitative estimate of drug-likeness (QED) is 0.260. The fraction of sp³-hybridized carbons (Fsp3) is 0.462. The summed E-state index contributed by atoms with van der Waals surface area (Å²) in [6.45, 7) is 10.1. The van der Waals surface area contributed by atoms with Crippen molar-refractivity contribution in [1.82, 2.24) is 4.90 Å². The van der Waals surface area contributed by atoms with Crippen molar-refractivity contribution in [3.8, 4) is 17.2 Å². The van der Waals surface area contributed by atoms with Gasteiger partial charge in [0.05, 0.1) is 7.11 Å². The van der Waals surface area contributed by atoms with Gasteiger partial charge in [0.25, 0.3) is 5.91 Å². The monoisotopic (exact) mass is 455 g/mol.